The van der Waals surface area contributed by atoms with Gasteiger partial charge in [0.05, 0.1) is 5.69 Å². The molecule has 0 aromatic carbocycles. The summed E-state index contributed by atoms with van der Waals surface area (Å²) in [4.78, 5) is 9.44. The van der Waals surface area contributed by atoms with Crippen molar-refractivity contribution < 1.29 is 0 Å². The van der Waals surface area contributed by atoms with E-state index in [2.05, 4.69) is 28.3 Å². The largest absolute Gasteiger partial charge is 0.236 e. The summed E-state index contributed by atoms with van der Waals surface area (Å²) in [6.45, 7) is 4.01. The Morgan fingerprint density at radius 3 is 2.71 bits per heavy atom. The fourth-order valence-electron chi connectivity index (χ4n) is 1.29. The van der Waals surface area contributed by atoms with Crippen molar-refractivity contribution in [1.82, 2.24) is 9.97 Å². The molecule has 0 bridgehead atoms. The predicted octanol–water partition coefficient (Wildman–Crippen LogP) is 3.48. The van der Waals surface area contributed by atoms with Gasteiger partial charge in [0, 0.05) is 21.4 Å². The first-order valence-corrected chi connectivity index (χ1v) is 5.47. The van der Waals surface area contributed by atoms with Gasteiger partial charge in [0.25, 0.3) is 0 Å². The average Bonchev–Trinajstić information content (AvgIpc) is 2.57. The van der Waals surface area contributed by atoms with Crippen LogP contribution in [0, 0.1) is 13.8 Å². The highest BCUT2D eigenvalue weighted by Gasteiger charge is 2.08. The van der Waals surface area contributed by atoms with E-state index in [1.807, 2.05) is 6.92 Å². The quantitative estimate of drug-likeness (QED) is 0.694. The van der Waals surface area contributed by atoms with Gasteiger partial charge in [-0.1, -0.05) is 11.6 Å². The van der Waals surface area contributed by atoms with Crippen LogP contribution in [0.3, 0.4) is 0 Å². The predicted molar refractivity (Wildman–Crippen MR) is 59.8 cm³/mol. The van der Waals surface area contributed by atoms with Gasteiger partial charge in [-0.15, -0.1) is 11.3 Å². The van der Waals surface area contributed by atoms with Crippen LogP contribution < -0.4 is 0 Å². The zero-order valence-corrected chi connectivity index (χ0v) is 9.49. The molecule has 0 amide bonds. The van der Waals surface area contributed by atoms with Crippen molar-refractivity contribution in [2.45, 2.75) is 13.8 Å². The maximum Gasteiger partial charge on any atom is 0.135 e. The minimum Gasteiger partial charge on any atom is -0.236 e. The zero-order valence-electron chi connectivity index (χ0n) is 7.91. The van der Waals surface area contributed by atoms with E-state index in [9.17, 15) is 0 Å². The Balaban J connectivity index is 2.57. The first-order valence-electron chi connectivity index (χ1n) is 4.21. The molecule has 72 valence electrons. The molecule has 2 rings (SSSR count). The Hall–Kier alpha value is -0.930. The van der Waals surface area contributed by atoms with E-state index in [0.717, 1.165) is 16.8 Å². The van der Waals surface area contributed by atoms with Crippen molar-refractivity contribution in [2.24, 2.45) is 0 Å². The van der Waals surface area contributed by atoms with E-state index in [4.69, 9.17) is 11.6 Å². The molecule has 2 aromatic rings. The van der Waals surface area contributed by atoms with Crippen LogP contribution in [-0.2, 0) is 0 Å². The summed E-state index contributed by atoms with van der Waals surface area (Å²) in [5.74, 6) is 0. The highest BCUT2D eigenvalue weighted by molar-refractivity contribution is 7.10. The minimum absolute atomic E-state index is 0.527. The molecule has 0 spiro atoms. The Bertz CT molecular complexity index is 465. The number of hydrogen-bond donors (Lipinski definition) is 0. The van der Waals surface area contributed by atoms with Crippen molar-refractivity contribution in [3.05, 3.63) is 33.4 Å². The van der Waals surface area contributed by atoms with E-state index in [1.165, 1.54) is 11.2 Å². The molecule has 0 aliphatic heterocycles. The summed E-state index contributed by atoms with van der Waals surface area (Å²) >= 11 is 7.63. The number of hydrogen-bond acceptors (Lipinski definition) is 3. The first kappa shape index (κ1) is 9.62. The summed E-state index contributed by atoms with van der Waals surface area (Å²) in [5, 5.41) is 2.61. The van der Waals surface area contributed by atoms with Crippen molar-refractivity contribution >= 4 is 22.9 Å². The van der Waals surface area contributed by atoms with E-state index in [-0.39, 0.29) is 0 Å². The lowest BCUT2D eigenvalue weighted by atomic mass is 10.1. The van der Waals surface area contributed by atoms with Crippen molar-refractivity contribution in [1.29, 1.82) is 0 Å². The first-order chi connectivity index (χ1) is 6.68. The van der Waals surface area contributed by atoms with E-state index < -0.39 is 0 Å². The third-order valence-corrected chi connectivity index (χ3v) is 3.27. The lowest BCUT2D eigenvalue weighted by Crippen LogP contribution is -1.90. The highest BCUT2D eigenvalue weighted by atomic mass is 35.5. The monoisotopic (exact) mass is 224 g/mol. The maximum absolute atomic E-state index is 5.92. The normalized spacial score (nSPS) is 10.5. The van der Waals surface area contributed by atoms with Crippen LogP contribution in [-0.4, -0.2) is 9.97 Å². The summed E-state index contributed by atoms with van der Waals surface area (Å²) in [7, 11) is 0. The second-order valence-electron chi connectivity index (χ2n) is 3.08. The average molecular weight is 225 g/mol. The summed E-state index contributed by atoms with van der Waals surface area (Å²) < 4.78 is 0. The van der Waals surface area contributed by atoms with E-state index >= 15 is 0 Å². The van der Waals surface area contributed by atoms with Gasteiger partial charge >= 0.3 is 0 Å². The molecule has 0 atom stereocenters. The van der Waals surface area contributed by atoms with Gasteiger partial charge in [-0.25, -0.2) is 9.97 Å². The number of rotatable bonds is 1. The van der Waals surface area contributed by atoms with Crippen molar-refractivity contribution in [3.63, 3.8) is 0 Å². The molecule has 2 aromatic heterocycles. The molecule has 0 N–H and O–H groups in total. The van der Waals surface area contributed by atoms with Gasteiger partial charge in [-0.05, 0) is 19.9 Å². The van der Waals surface area contributed by atoms with Gasteiger partial charge in [0.1, 0.15) is 11.5 Å². The van der Waals surface area contributed by atoms with Crippen LogP contribution in [0.1, 0.15) is 10.4 Å². The molecule has 0 aliphatic rings. The molecular weight excluding hydrogens is 216 g/mol. The van der Waals surface area contributed by atoms with Crippen LogP contribution in [0.15, 0.2) is 17.8 Å². The Kier molecular flexibility index (Phi) is 2.52. The molecule has 0 fully saturated rings. The number of thiophene rings is 1. The minimum atomic E-state index is 0.527. The van der Waals surface area contributed by atoms with Crippen molar-refractivity contribution in [3.8, 4) is 11.3 Å². The number of nitrogens with zero attached hydrogens (tertiary/aromatic N) is 2. The van der Waals surface area contributed by atoms with Crippen LogP contribution in [0.25, 0.3) is 11.3 Å². The Morgan fingerprint density at radius 1 is 1.29 bits per heavy atom. The Labute approximate surface area is 91.6 Å². The number of halogens is 1. The molecule has 0 saturated heterocycles. The Morgan fingerprint density at radius 2 is 2.07 bits per heavy atom. The van der Waals surface area contributed by atoms with Gasteiger partial charge in [-0.3, -0.25) is 0 Å². The molecule has 4 heteroatoms. The second-order valence-corrected chi connectivity index (χ2v) is 4.56. The molecule has 2 heterocycles. The number of aromatic nitrogens is 2. The third-order valence-electron chi connectivity index (χ3n) is 2.03. The topological polar surface area (TPSA) is 25.8 Å². The lowest BCUT2D eigenvalue weighted by Gasteiger charge is -2.02. The lowest BCUT2D eigenvalue weighted by molar-refractivity contribution is 1.14. The fraction of sp³-hybridized carbons (Fsp3) is 0.200. The second kappa shape index (κ2) is 3.67. The van der Waals surface area contributed by atoms with Gasteiger partial charge < -0.3 is 0 Å². The third kappa shape index (κ3) is 1.65. The molecular formula is C10H9ClN2S. The SMILES string of the molecule is Cc1cc(-c2ncnc(Cl)c2C)cs1. The standard InChI is InChI=1S/C10H9ClN2S/c1-6-3-8(4-14-6)9-7(2)10(11)13-5-12-9/h3-5H,1-2H3. The van der Waals surface area contributed by atoms with Gasteiger partial charge in [0.15, 0.2) is 0 Å². The highest BCUT2D eigenvalue weighted by Crippen LogP contribution is 2.28. The van der Waals surface area contributed by atoms with Crippen molar-refractivity contribution in [2.75, 3.05) is 0 Å². The van der Waals surface area contributed by atoms with Crippen LogP contribution in [0.5, 0.6) is 0 Å². The molecule has 0 aliphatic carbocycles. The van der Waals surface area contributed by atoms with Gasteiger partial charge in [0.2, 0.25) is 0 Å². The molecule has 14 heavy (non-hydrogen) atoms. The molecule has 0 saturated carbocycles. The zero-order chi connectivity index (χ0) is 10.1. The summed E-state index contributed by atoms with van der Waals surface area (Å²) in [6.07, 6.45) is 1.50. The fourth-order valence-corrected chi connectivity index (χ4v) is 2.11. The van der Waals surface area contributed by atoms with Gasteiger partial charge in [-0.2, -0.15) is 0 Å². The van der Waals surface area contributed by atoms with Crippen LogP contribution >= 0.6 is 22.9 Å². The van der Waals surface area contributed by atoms with E-state index in [1.54, 1.807) is 11.3 Å². The number of aryl methyl sites for hydroxylation is 1. The molecule has 2 nitrogen and oxygen atoms in total. The smallest absolute Gasteiger partial charge is 0.135 e. The molecule has 0 radical (unpaired) electrons. The maximum atomic E-state index is 5.92. The van der Waals surface area contributed by atoms with Crippen LogP contribution in [0.4, 0.5) is 0 Å². The van der Waals surface area contributed by atoms with E-state index in [0.29, 0.717) is 5.15 Å². The summed E-state index contributed by atoms with van der Waals surface area (Å²) in [5.41, 5.74) is 2.98. The summed E-state index contributed by atoms with van der Waals surface area (Å²) in [6, 6.07) is 2.11. The molecule has 0 unspecified atom stereocenters. The van der Waals surface area contributed by atoms with Crippen LogP contribution in [0.2, 0.25) is 5.15 Å².